The number of aliphatic hydroxyl groups excluding tert-OH is 1. The van der Waals surface area contributed by atoms with Crippen molar-refractivity contribution in [2.75, 3.05) is 26.8 Å². The van der Waals surface area contributed by atoms with Crippen LogP contribution in [0.15, 0.2) is 59.5 Å². The van der Waals surface area contributed by atoms with Crippen LogP contribution in [0.1, 0.15) is 37.7 Å². The van der Waals surface area contributed by atoms with Gasteiger partial charge in [0.25, 0.3) is 0 Å². The van der Waals surface area contributed by atoms with Gasteiger partial charge in [0.2, 0.25) is 15.9 Å². The van der Waals surface area contributed by atoms with Gasteiger partial charge in [0.15, 0.2) is 0 Å². The molecule has 2 aromatic carbocycles. The standard InChI is InChI=1S/C27H36N2O6S/c1-34-22-7-10-24(11-8-22)36(32,33)28-25-12-9-23(35-26(25)19-30)18-27(31)29-15-13-21(14-16-29)17-20-5-3-2-4-6-20/h2-8,10-11,21,23,25-26,28,30H,9,12-19H2,1H3/t23-,25-,26+/m1/s1. The van der Waals surface area contributed by atoms with Crippen LogP contribution < -0.4 is 9.46 Å². The number of benzene rings is 2. The smallest absolute Gasteiger partial charge is 0.240 e. The summed E-state index contributed by atoms with van der Waals surface area (Å²) >= 11 is 0. The summed E-state index contributed by atoms with van der Waals surface area (Å²) in [7, 11) is -2.27. The lowest BCUT2D eigenvalue weighted by Gasteiger charge is -2.37. The summed E-state index contributed by atoms with van der Waals surface area (Å²) in [6, 6.07) is 16.0. The first-order valence-electron chi connectivity index (χ1n) is 12.6. The molecule has 2 aliphatic heterocycles. The number of likely N-dealkylation sites (tertiary alicyclic amines) is 1. The number of rotatable bonds is 9. The molecule has 0 aliphatic carbocycles. The molecule has 3 atom stereocenters. The lowest BCUT2D eigenvalue weighted by atomic mass is 9.90. The summed E-state index contributed by atoms with van der Waals surface area (Å²) < 4.78 is 39.4. The summed E-state index contributed by atoms with van der Waals surface area (Å²) in [5.41, 5.74) is 1.34. The van der Waals surface area contributed by atoms with Crippen LogP contribution in [0.25, 0.3) is 0 Å². The summed E-state index contributed by atoms with van der Waals surface area (Å²) in [4.78, 5) is 15.0. The second-order valence-corrected chi connectivity index (χ2v) is 11.4. The Morgan fingerprint density at radius 3 is 2.39 bits per heavy atom. The van der Waals surface area contributed by atoms with Crippen molar-refractivity contribution >= 4 is 15.9 Å². The van der Waals surface area contributed by atoms with Gasteiger partial charge in [-0.2, -0.15) is 0 Å². The van der Waals surface area contributed by atoms with Crippen LogP contribution in [0.3, 0.4) is 0 Å². The van der Waals surface area contributed by atoms with Crippen molar-refractivity contribution in [1.82, 2.24) is 9.62 Å². The third kappa shape index (κ3) is 6.85. The number of piperidine rings is 1. The van der Waals surface area contributed by atoms with Crippen LogP contribution in [-0.4, -0.2) is 69.4 Å². The molecule has 0 aromatic heterocycles. The quantitative estimate of drug-likeness (QED) is 0.531. The van der Waals surface area contributed by atoms with Gasteiger partial charge in [0, 0.05) is 13.1 Å². The summed E-state index contributed by atoms with van der Waals surface area (Å²) in [6.45, 7) is 1.17. The number of amides is 1. The first-order valence-corrected chi connectivity index (χ1v) is 14.1. The van der Waals surface area contributed by atoms with E-state index in [4.69, 9.17) is 9.47 Å². The molecule has 2 aromatic rings. The molecule has 196 valence electrons. The van der Waals surface area contributed by atoms with E-state index in [0.717, 1.165) is 32.4 Å². The summed E-state index contributed by atoms with van der Waals surface area (Å²) in [6.07, 6.45) is 3.25. The maximum Gasteiger partial charge on any atom is 0.240 e. The van der Waals surface area contributed by atoms with Crippen molar-refractivity contribution in [3.8, 4) is 5.75 Å². The van der Waals surface area contributed by atoms with Crippen molar-refractivity contribution in [1.29, 1.82) is 0 Å². The minimum absolute atomic E-state index is 0.0621. The molecule has 8 nitrogen and oxygen atoms in total. The van der Waals surface area contributed by atoms with Crippen LogP contribution in [0.4, 0.5) is 0 Å². The number of methoxy groups -OCH3 is 1. The average molecular weight is 517 g/mol. The molecule has 0 unspecified atom stereocenters. The highest BCUT2D eigenvalue weighted by Crippen LogP contribution is 2.27. The predicted octanol–water partition coefficient (Wildman–Crippen LogP) is 2.75. The van der Waals surface area contributed by atoms with E-state index in [2.05, 4.69) is 29.0 Å². The zero-order chi connectivity index (χ0) is 25.5. The second-order valence-electron chi connectivity index (χ2n) is 9.68. The molecule has 2 aliphatic rings. The second kappa shape index (κ2) is 12.2. The third-order valence-corrected chi connectivity index (χ3v) is 8.71. The van der Waals surface area contributed by atoms with Crippen LogP contribution in [-0.2, 0) is 26.0 Å². The van der Waals surface area contributed by atoms with E-state index in [0.29, 0.717) is 24.5 Å². The number of nitrogens with zero attached hydrogens (tertiary/aromatic N) is 1. The summed E-state index contributed by atoms with van der Waals surface area (Å²) in [5.74, 6) is 1.21. The SMILES string of the molecule is COc1ccc(S(=O)(=O)N[C@@H]2CC[C@H](CC(=O)N3CCC(Cc4ccccc4)CC3)O[C@H]2CO)cc1. The Bertz CT molecular complexity index is 1090. The van der Waals surface area contributed by atoms with Crippen molar-refractivity contribution in [3.63, 3.8) is 0 Å². The van der Waals surface area contributed by atoms with Gasteiger partial charge in [0.1, 0.15) is 5.75 Å². The minimum Gasteiger partial charge on any atom is -0.497 e. The molecule has 2 heterocycles. The molecule has 9 heteroatoms. The highest BCUT2D eigenvalue weighted by atomic mass is 32.2. The molecule has 2 fully saturated rings. The topological polar surface area (TPSA) is 105 Å². The number of ether oxygens (including phenoxy) is 2. The van der Waals surface area contributed by atoms with Crippen LogP contribution >= 0.6 is 0 Å². The zero-order valence-electron chi connectivity index (χ0n) is 20.7. The van der Waals surface area contributed by atoms with Crippen LogP contribution in [0, 0.1) is 5.92 Å². The molecule has 36 heavy (non-hydrogen) atoms. The number of aliphatic hydroxyl groups is 1. The van der Waals surface area contributed by atoms with Crippen molar-refractivity contribution in [2.45, 2.75) is 61.7 Å². The highest BCUT2D eigenvalue weighted by molar-refractivity contribution is 7.89. The number of hydrogen-bond acceptors (Lipinski definition) is 6. The van der Waals surface area contributed by atoms with E-state index in [1.165, 1.54) is 24.8 Å². The zero-order valence-corrected chi connectivity index (χ0v) is 21.5. The van der Waals surface area contributed by atoms with Gasteiger partial charge in [-0.3, -0.25) is 4.79 Å². The molecule has 4 rings (SSSR count). The lowest BCUT2D eigenvalue weighted by molar-refractivity contribution is -0.141. The van der Waals surface area contributed by atoms with E-state index in [1.807, 2.05) is 11.0 Å². The summed E-state index contributed by atoms with van der Waals surface area (Å²) in [5, 5.41) is 9.88. The normalized spacial score (nSPS) is 23.4. The molecule has 0 saturated carbocycles. The first-order chi connectivity index (χ1) is 17.4. The van der Waals surface area contributed by atoms with Crippen molar-refractivity contribution in [2.24, 2.45) is 5.92 Å². The Hall–Kier alpha value is -2.46. The first kappa shape index (κ1) is 26.6. The predicted molar refractivity (Wildman–Crippen MR) is 136 cm³/mol. The van der Waals surface area contributed by atoms with E-state index in [9.17, 15) is 18.3 Å². The van der Waals surface area contributed by atoms with E-state index < -0.39 is 22.2 Å². The van der Waals surface area contributed by atoms with Crippen molar-refractivity contribution < 1.29 is 27.8 Å². The lowest BCUT2D eigenvalue weighted by Crippen LogP contribution is -2.51. The maximum atomic E-state index is 12.9. The maximum absolute atomic E-state index is 12.9. The van der Waals surface area contributed by atoms with Gasteiger partial charge in [-0.1, -0.05) is 30.3 Å². The van der Waals surface area contributed by atoms with E-state index in [-0.39, 0.29) is 29.9 Å². The van der Waals surface area contributed by atoms with Gasteiger partial charge in [0.05, 0.1) is 43.3 Å². The molecule has 0 radical (unpaired) electrons. The van der Waals surface area contributed by atoms with Gasteiger partial charge in [-0.15, -0.1) is 0 Å². The number of carbonyl (C=O) groups excluding carboxylic acids is 1. The Morgan fingerprint density at radius 1 is 1.06 bits per heavy atom. The Kier molecular flexibility index (Phi) is 9.00. The number of nitrogens with one attached hydrogen (secondary N) is 1. The Morgan fingerprint density at radius 2 is 1.75 bits per heavy atom. The molecule has 0 spiro atoms. The molecular weight excluding hydrogens is 480 g/mol. The highest BCUT2D eigenvalue weighted by Gasteiger charge is 2.35. The fourth-order valence-electron chi connectivity index (χ4n) is 5.10. The Labute approximate surface area is 213 Å². The number of sulfonamides is 1. The fourth-order valence-corrected chi connectivity index (χ4v) is 6.40. The van der Waals surface area contributed by atoms with Gasteiger partial charge >= 0.3 is 0 Å². The van der Waals surface area contributed by atoms with E-state index >= 15 is 0 Å². The van der Waals surface area contributed by atoms with Crippen LogP contribution in [0.5, 0.6) is 5.75 Å². The molecule has 1 amide bonds. The van der Waals surface area contributed by atoms with Gasteiger partial charge in [-0.25, -0.2) is 13.1 Å². The largest absolute Gasteiger partial charge is 0.497 e. The fraction of sp³-hybridized carbons (Fsp3) is 0.519. The van der Waals surface area contributed by atoms with Gasteiger partial charge in [-0.05, 0) is 67.9 Å². The number of hydrogen-bond donors (Lipinski definition) is 2. The molecule has 0 bridgehead atoms. The molecule has 2 N–H and O–H groups in total. The van der Waals surface area contributed by atoms with Crippen LogP contribution in [0.2, 0.25) is 0 Å². The van der Waals surface area contributed by atoms with Crippen molar-refractivity contribution in [3.05, 3.63) is 60.2 Å². The molecular formula is C27H36N2O6S. The Balaban J connectivity index is 1.25. The van der Waals surface area contributed by atoms with Gasteiger partial charge < -0.3 is 19.5 Å². The van der Waals surface area contributed by atoms with E-state index in [1.54, 1.807) is 12.1 Å². The third-order valence-electron chi connectivity index (χ3n) is 7.21. The number of carbonyl (C=O) groups is 1. The average Bonchev–Trinajstić information content (AvgIpc) is 2.90. The monoisotopic (exact) mass is 516 g/mol. The molecule has 2 saturated heterocycles. The minimum atomic E-state index is -3.79.